The number of aliphatic carboxylic acids is 1. The summed E-state index contributed by atoms with van der Waals surface area (Å²) in [4.78, 5) is 9.00. The largest absolute Gasteiger partial charge is 0.481 e. The van der Waals surface area contributed by atoms with Crippen LogP contribution in [0, 0.1) is 0 Å². The highest BCUT2D eigenvalue weighted by Crippen LogP contribution is 1.97. The Balaban J connectivity index is 0. The Morgan fingerprint density at radius 1 is 1.55 bits per heavy atom. The first-order chi connectivity index (χ1) is 5.00. The SMILES string of the molecule is CC(=O)O.CCCCC(C)O. The average molecular weight is 162 g/mol. The fourth-order valence-electron chi connectivity index (χ4n) is 0.500. The van der Waals surface area contributed by atoms with Crippen molar-refractivity contribution in [2.45, 2.75) is 46.1 Å². The van der Waals surface area contributed by atoms with Gasteiger partial charge in [0, 0.05) is 6.92 Å². The number of carboxylic acids is 1. The molecule has 0 aliphatic rings. The van der Waals surface area contributed by atoms with Crippen molar-refractivity contribution in [3.63, 3.8) is 0 Å². The zero-order valence-electron chi connectivity index (χ0n) is 7.50. The van der Waals surface area contributed by atoms with Gasteiger partial charge in [-0.1, -0.05) is 19.8 Å². The van der Waals surface area contributed by atoms with Crippen molar-refractivity contribution < 1.29 is 15.0 Å². The van der Waals surface area contributed by atoms with Gasteiger partial charge in [0.1, 0.15) is 0 Å². The van der Waals surface area contributed by atoms with Gasteiger partial charge in [0.25, 0.3) is 5.97 Å². The second-order valence-corrected chi connectivity index (χ2v) is 2.51. The smallest absolute Gasteiger partial charge is 0.300 e. The molecule has 68 valence electrons. The average Bonchev–Trinajstić information content (AvgIpc) is 1.82. The third-order valence-electron chi connectivity index (χ3n) is 0.975. The lowest BCUT2D eigenvalue weighted by molar-refractivity contribution is -0.134. The van der Waals surface area contributed by atoms with Crippen molar-refractivity contribution in [1.29, 1.82) is 0 Å². The minimum Gasteiger partial charge on any atom is -0.481 e. The number of rotatable bonds is 3. The number of carboxylic acid groups (broad SMARTS) is 1. The Labute approximate surface area is 68.0 Å². The summed E-state index contributed by atoms with van der Waals surface area (Å²) >= 11 is 0. The third kappa shape index (κ3) is 44.2. The van der Waals surface area contributed by atoms with Crippen LogP contribution in [0.25, 0.3) is 0 Å². The lowest BCUT2D eigenvalue weighted by atomic mass is 10.2. The number of hydrogen-bond donors (Lipinski definition) is 2. The highest BCUT2D eigenvalue weighted by atomic mass is 16.4. The zero-order valence-corrected chi connectivity index (χ0v) is 7.50. The van der Waals surface area contributed by atoms with E-state index in [1.165, 1.54) is 6.42 Å². The molecule has 0 fully saturated rings. The number of carbonyl (C=O) groups is 1. The summed E-state index contributed by atoms with van der Waals surface area (Å²) in [5.41, 5.74) is 0. The topological polar surface area (TPSA) is 57.5 Å². The summed E-state index contributed by atoms with van der Waals surface area (Å²) in [5, 5.41) is 16.1. The van der Waals surface area contributed by atoms with Gasteiger partial charge >= 0.3 is 0 Å². The Kier molecular flexibility index (Phi) is 11.2. The van der Waals surface area contributed by atoms with Crippen LogP contribution in [0.15, 0.2) is 0 Å². The zero-order chi connectivity index (χ0) is 9.28. The molecule has 0 heterocycles. The fraction of sp³-hybridized carbons (Fsp3) is 0.875. The van der Waals surface area contributed by atoms with Crippen LogP contribution >= 0.6 is 0 Å². The van der Waals surface area contributed by atoms with Crippen molar-refractivity contribution in [2.75, 3.05) is 0 Å². The summed E-state index contributed by atoms with van der Waals surface area (Å²) in [6.07, 6.45) is 3.19. The monoisotopic (exact) mass is 162 g/mol. The Bertz CT molecular complexity index is 85.3. The molecule has 0 aromatic carbocycles. The highest BCUT2D eigenvalue weighted by Gasteiger charge is 1.90. The molecule has 0 saturated carbocycles. The quantitative estimate of drug-likeness (QED) is 0.663. The van der Waals surface area contributed by atoms with Gasteiger partial charge in [-0.05, 0) is 13.3 Å². The van der Waals surface area contributed by atoms with Crippen LogP contribution in [0.2, 0.25) is 0 Å². The van der Waals surface area contributed by atoms with Gasteiger partial charge in [0.05, 0.1) is 6.10 Å². The molecule has 0 spiro atoms. The van der Waals surface area contributed by atoms with Crippen LogP contribution in [-0.4, -0.2) is 22.3 Å². The van der Waals surface area contributed by atoms with E-state index in [4.69, 9.17) is 15.0 Å². The first-order valence-corrected chi connectivity index (χ1v) is 3.88. The molecule has 0 amide bonds. The molecule has 2 N–H and O–H groups in total. The summed E-state index contributed by atoms with van der Waals surface area (Å²) in [7, 11) is 0. The summed E-state index contributed by atoms with van der Waals surface area (Å²) in [5.74, 6) is -0.833. The molecule has 0 aromatic heterocycles. The van der Waals surface area contributed by atoms with E-state index in [1.54, 1.807) is 0 Å². The first kappa shape index (κ1) is 13.1. The molecule has 1 atom stereocenters. The predicted octanol–water partition coefficient (Wildman–Crippen LogP) is 1.65. The molecule has 0 aliphatic heterocycles. The van der Waals surface area contributed by atoms with E-state index in [9.17, 15) is 0 Å². The van der Waals surface area contributed by atoms with Crippen molar-refractivity contribution in [1.82, 2.24) is 0 Å². The Morgan fingerprint density at radius 3 is 2.00 bits per heavy atom. The number of aliphatic hydroxyl groups excluding tert-OH is 1. The molecule has 0 aromatic rings. The number of unbranched alkanes of at least 4 members (excludes halogenated alkanes) is 1. The van der Waals surface area contributed by atoms with Gasteiger partial charge in [0.2, 0.25) is 0 Å². The van der Waals surface area contributed by atoms with E-state index in [-0.39, 0.29) is 6.10 Å². The molecule has 11 heavy (non-hydrogen) atoms. The van der Waals surface area contributed by atoms with Gasteiger partial charge in [-0.25, -0.2) is 0 Å². The van der Waals surface area contributed by atoms with Crippen molar-refractivity contribution in [3.05, 3.63) is 0 Å². The first-order valence-electron chi connectivity index (χ1n) is 3.88. The summed E-state index contributed by atoms with van der Waals surface area (Å²) in [6.45, 7) is 5.04. The summed E-state index contributed by atoms with van der Waals surface area (Å²) in [6, 6.07) is 0. The van der Waals surface area contributed by atoms with E-state index in [2.05, 4.69) is 6.92 Å². The molecular weight excluding hydrogens is 144 g/mol. The molecule has 0 bridgehead atoms. The number of hydrogen-bond acceptors (Lipinski definition) is 2. The van der Waals surface area contributed by atoms with E-state index in [1.807, 2.05) is 6.92 Å². The van der Waals surface area contributed by atoms with E-state index in [0.29, 0.717) is 0 Å². The third-order valence-corrected chi connectivity index (χ3v) is 0.975. The van der Waals surface area contributed by atoms with E-state index >= 15 is 0 Å². The van der Waals surface area contributed by atoms with Crippen LogP contribution in [0.1, 0.15) is 40.0 Å². The van der Waals surface area contributed by atoms with Crippen molar-refractivity contribution in [2.24, 2.45) is 0 Å². The molecule has 0 radical (unpaired) electrons. The molecule has 0 saturated heterocycles. The maximum absolute atomic E-state index is 9.00. The minimum atomic E-state index is -0.833. The number of aliphatic hydroxyl groups is 1. The lowest BCUT2D eigenvalue weighted by Crippen LogP contribution is -1.97. The standard InChI is InChI=1S/C6H14O.C2H4O2/c1-3-4-5-6(2)7;1-2(3)4/h6-7H,3-5H2,1-2H3;1H3,(H,3,4). The molecule has 3 nitrogen and oxygen atoms in total. The highest BCUT2D eigenvalue weighted by molar-refractivity contribution is 5.62. The van der Waals surface area contributed by atoms with Crippen LogP contribution in [0.4, 0.5) is 0 Å². The van der Waals surface area contributed by atoms with Crippen LogP contribution in [0.3, 0.4) is 0 Å². The predicted molar refractivity (Wildman–Crippen MR) is 44.5 cm³/mol. The van der Waals surface area contributed by atoms with Crippen molar-refractivity contribution in [3.8, 4) is 0 Å². The van der Waals surface area contributed by atoms with Gasteiger partial charge in [0.15, 0.2) is 0 Å². The van der Waals surface area contributed by atoms with Crippen LogP contribution in [0.5, 0.6) is 0 Å². The second kappa shape index (κ2) is 9.43. The van der Waals surface area contributed by atoms with Gasteiger partial charge in [-0.2, -0.15) is 0 Å². The van der Waals surface area contributed by atoms with E-state index in [0.717, 1.165) is 19.8 Å². The molecule has 1 unspecified atom stereocenters. The van der Waals surface area contributed by atoms with Gasteiger partial charge in [-0.15, -0.1) is 0 Å². The van der Waals surface area contributed by atoms with E-state index < -0.39 is 5.97 Å². The van der Waals surface area contributed by atoms with Crippen LogP contribution < -0.4 is 0 Å². The summed E-state index contributed by atoms with van der Waals surface area (Å²) < 4.78 is 0. The van der Waals surface area contributed by atoms with Gasteiger partial charge < -0.3 is 10.2 Å². The maximum atomic E-state index is 9.00. The van der Waals surface area contributed by atoms with Crippen LogP contribution in [-0.2, 0) is 4.79 Å². The van der Waals surface area contributed by atoms with Gasteiger partial charge in [-0.3, -0.25) is 4.79 Å². The Morgan fingerprint density at radius 2 is 1.91 bits per heavy atom. The normalized spacial score (nSPS) is 11.3. The lowest BCUT2D eigenvalue weighted by Gasteiger charge is -1.98. The Hall–Kier alpha value is -0.570. The molecule has 0 rings (SSSR count). The maximum Gasteiger partial charge on any atom is 0.300 e. The minimum absolute atomic E-state index is 0.0973. The van der Waals surface area contributed by atoms with Crippen molar-refractivity contribution >= 4 is 5.97 Å². The molecule has 3 heteroatoms. The fourth-order valence-corrected chi connectivity index (χ4v) is 0.500. The molecular formula is C8H18O3. The molecule has 0 aliphatic carbocycles. The second-order valence-electron chi connectivity index (χ2n) is 2.51.